The van der Waals surface area contributed by atoms with Gasteiger partial charge in [-0.3, -0.25) is 0 Å². The average Bonchev–Trinajstić information content (AvgIpc) is 2.46. The smallest absolute Gasteiger partial charge is 0.433 e. The molecule has 1 saturated heterocycles. The van der Waals surface area contributed by atoms with Crippen LogP contribution in [-0.4, -0.2) is 30.9 Å². The first-order valence-electron chi connectivity index (χ1n) is 8.42. The number of carbonyl (C=O) groups is 1. The van der Waals surface area contributed by atoms with E-state index in [2.05, 4.69) is 6.92 Å². The fourth-order valence-corrected chi connectivity index (χ4v) is 2.48. The number of hydrogen-bond donors (Lipinski definition) is 0. The molecular weight excluding hydrogens is 254 g/mol. The van der Waals surface area contributed by atoms with Gasteiger partial charge in [-0.05, 0) is 19.3 Å². The summed E-state index contributed by atoms with van der Waals surface area (Å²) >= 11 is 0. The van der Waals surface area contributed by atoms with Crippen LogP contribution in [0.25, 0.3) is 0 Å². The molecule has 118 valence electrons. The molecule has 0 unspecified atom stereocenters. The lowest BCUT2D eigenvalue weighted by atomic mass is 10.1. The highest BCUT2D eigenvalue weighted by atomic mass is 16.8. The lowest BCUT2D eigenvalue weighted by Gasteiger charge is -2.24. The van der Waals surface area contributed by atoms with Crippen molar-refractivity contribution in [3.63, 3.8) is 0 Å². The molecule has 0 aromatic rings. The van der Waals surface area contributed by atoms with Gasteiger partial charge in [-0.25, -0.2) is 4.79 Å². The monoisotopic (exact) mass is 285 g/mol. The SMILES string of the molecule is CCCCCCCCCCOC(=O)ON1CCCCC1. The molecular formula is C16H31NO3. The third kappa shape index (κ3) is 9.18. The third-order valence-corrected chi connectivity index (χ3v) is 3.74. The van der Waals surface area contributed by atoms with Crippen molar-refractivity contribution < 1.29 is 14.4 Å². The molecule has 4 heteroatoms. The lowest BCUT2D eigenvalue weighted by molar-refractivity contribution is -0.137. The third-order valence-electron chi connectivity index (χ3n) is 3.74. The molecule has 1 aliphatic heterocycles. The Labute approximate surface area is 123 Å². The maximum absolute atomic E-state index is 11.4. The van der Waals surface area contributed by atoms with Gasteiger partial charge in [-0.1, -0.05) is 58.3 Å². The van der Waals surface area contributed by atoms with Gasteiger partial charge in [0.1, 0.15) is 0 Å². The minimum absolute atomic E-state index is 0.488. The van der Waals surface area contributed by atoms with Gasteiger partial charge in [0.15, 0.2) is 0 Å². The van der Waals surface area contributed by atoms with E-state index in [1.54, 1.807) is 5.06 Å². The highest BCUT2D eigenvalue weighted by Gasteiger charge is 2.15. The van der Waals surface area contributed by atoms with E-state index in [1.807, 2.05) is 0 Å². The van der Waals surface area contributed by atoms with Crippen molar-refractivity contribution in [2.24, 2.45) is 0 Å². The number of hydroxylamine groups is 2. The van der Waals surface area contributed by atoms with Crippen LogP contribution in [0.2, 0.25) is 0 Å². The molecule has 0 atom stereocenters. The number of rotatable bonds is 10. The fraction of sp³-hybridized carbons (Fsp3) is 0.938. The van der Waals surface area contributed by atoms with Crippen LogP contribution in [0, 0.1) is 0 Å². The Bertz CT molecular complexity index is 240. The molecule has 0 aliphatic carbocycles. The van der Waals surface area contributed by atoms with E-state index in [0.717, 1.165) is 38.8 Å². The van der Waals surface area contributed by atoms with Crippen molar-refractivity contribution in [1.82, 2.24) is 5.06 Å². The number of carbonyl (C=O) groups excluding carboxylic acids is 1. The molecule has 0 aromatic heterocycles. The van der Waals surface area contributed by atoms with E-state index in [9.17, 15) is 4.79 Å². The van der Waals surface area contributed by atoms with E-state index < -0.39 is 6.16 Å². The van der Waals surface area contributed by atoms with E-state index in [4.69, 9.17) is 9.57 Å². The summed E-state index contributed by atoms with van der Waals surface area (Å²) < 4.78 is 5.09. The van der Waals surface area contributed by atoms with Crippen LogP contribution in [0.4, 0.5) is 4.79 Å². The van der Waals surface area contributed by atoms with Crippen molar-refractivity contribution in [2.75, 3.05) is 19.7 Å². The van der Waals surface area contributed by atoms with Crippen molar-refractivity contribution in [1.29, 1.82) is 0 Å². The molecule has 1 fully saturated rings. The maximum atomic E-state index is 11.4. The maximum Gasteiger partial charge on any atom is 0.527 e. The van der Waals surface area contributed by atoms with Crippen LogP contribution in [-0.2, 0) is 9.57 Å². The summed E-state index contributed by atoms with van der Waals surface area (Å²) in [5, 5.41) is 1.72. The molecule has 0 bridgehead atoms. The molecule has 0 amide bonds. The van der Waals surface area contributed by atoms with Gasteiger partial charge in [0.25, 0.3) is 0 Å². The second-order valence-corrected chi connectivity index (χ2v) is 5.65. The zero-order chi connectivity index (χ0) is 14.5. The van der Waals surface area contributed by atoms with Crippen LogP contribution >= 0.6 is 0 Å². The zero-order valence-corrected chi connectivity index (χ0v) is 13.1. The van der Waals surface area contributed by atoms with E-state index in [1.165, 1.54) is 44.9 Å². The highest BCUT2D eigenvalue weighted by Crippen LogP contribution is 2.10. The van der Waals surface area contributed by atoms with E-state index in [0.29, 0.717) is 6.61 Å². The van der Waals surface area contributed by atoms with Gasteiger partial charge < -0.3 is 9.57 Å². The molecule has 0 saturated carbocycles. The molecule has 0 N–H and O–H groups in total. The molecule has 4 nitrogen and oxygen atoms in total. The quantitative estimate of drug-likeness (QED) is 0.431. The summed E-state index contributed by atoms with van der Waals surface area (Å²) in [7, 11) is 0. The summed E-state index contributed by atoms with van der Waals surface area (Å²) in [6.07, 6.45) is 12.9. The van der Waals surface area contributed by atoms with Crippen LogP contribution in [0.5, 0.6) is 0 Å². The van der Waals surface area contributed by atoms with Crippen molar-refractivity contribution in [3.8, 4) is 0 Å². The Morgan fingerprint density at radius 3 is 2.15 bits per heavy atom. The Kier molecular flexibility index (Phi) is 10.4. The van der Waals surface area contributed by atoms with Gasteiger partial charge in [-0.15, -0.1) is 5.06 Å². The molecule has 0 spiro atoms. The first-order chi connectivity index (χ1) is 9.83. The Morgan fingerprint density at radius 1 is 0.900 bits per heavy atom. The largest absolute Gasteiger partial charge is 0.527 e. The van der Waals surface area contributed by atoms with Gasteiger partial charge in [0, 0.05) is 13.1 Å². The van der Waals surface area contributed by atoms with Gasteiger partial charge in [0.2, 0.25) is 0 Å². The van der Waals surface area contributed by atoms with Crippen molar-refractivity contribution in [2.45, 2.75) is 77.6 Å². The second-order valence-electron chi connectivity index (χ2n) is 5.65. The predicted molar refractivity (Wildman–Crippen MR) is 80.5 cm³/mol. The Balaban J connectivity index is 1.84. The topological polar surface area (TPSA) is 38.8 Å². The molecule has 1 heterocycles. The molecule has 0 aromatic carbocycles. The van der Waals surface area contributed by atoms with Gasteiger partial charge in [-0.2, -0.15) is 0 Å². The number of unbranched alkanes of at least 4 members (excludes halogenated alkanes) is 7. The lowest BCUT2D eigenvalue weighted by Crippen LogP contribution is -2.32. The number of nitrogens with zero attached hydrogens (tertiary/aromatic N) is 1. The minimum Gasteiger partial charge on any atom is -0.433 e. The number of hydrogen-bond acceptors (Lipinski definition) is 4. The van der Waals surface area contributed by atoms with Gasteiger partial charge in [0.05, 0.1) is 6.61 Å². The molecule has 1 aliphatic rings. The number of ether oxygens (including phenoxy) is 1. The Hall–Kier alpha value is -0.770. The minimum atomic E-state index is -0.533. The first-order valence-corrected chi connectivity index (χ1v) is 8.42. The van der Waals surface area contributed by atoms with E-state index >= 15 is 0 Å². The summed E-state index contributed by atoms with van der Waals surface area (Å²) in [6.45, 7) is 4.40. The Morgan fingerprint density at radius 2 is 1.50 bits per heavy atom. The van der Waals surface area contributed by atoms with Crippen LogP contribution in [0.15, 0.2) is 0 Å². The summed E-state index contributed by atoms with van der Waals surface area (Å²) in [4.78, 5) is 16.6. The molecule has 20 heavy (non-hydrogen) atoms. The van der Waals surface area contributed by atoms with Crippen LogP contribution in [0.3, 0.4) is 0 Å². The molecule has 0 radical (unpaired) electrons. The highest BCUT2D eigenvalue weighted by molar-refractivity contribution is 5.59. The molecule has 1 rings (SSSR count). The summed E-state index contributed by atoms with van der Waals surface area (Å²) in [5.41, 5.74) is 0. The normalized spacial score (nSPS) is 16.1. The fourth-order valence-electron chi connectivity index (χ4n) is 2.48. The van der Waals surface area contributed by atoms with Crippen LogP contribution in [0.1, 0.15) is 77.6 Å². The average molecular weight is 285 g/mol. The predicted octanol–water partition coefficient (Wildman–Crippen LogP) is 4.68. The summed E-state index contributed by atoms with van der Waals surface area (Å²) in [5.74, 6) is 0. The van der Waals surface area contributed by atoms with Crippen molar-refractivity contribution >= 4 is 6.16 Å². The zero-order valence-electron chi connectivity index (χ0n) is 13.1. The van der Waals surface area contributed by atoms with E-state index in [-0.39, 0.29) is 0 Å². The van der Waals surface area contributed by atoms with Crippen molar-refractivity contribution in [3.05, 3.63) is 0 Å². The van der Waals surface area contributed by atoms with Crippen LogP contribution < -0.4 is 0 Å². The number of piperidine rings is 1. The summed E-state index contributed by atoms with van der Waals surface area (Å²) in [6, 6.07) is 0. The standard InChI is InChI=1S/C16H31NO3/c1-2-3-4-5-6-7-8-12-15-19-16(18)20-17-13-10-9-11-14-17/h2-15H2,1H3. The first kappa shape index (κ1) is 17.3. The second kappa shape index (κ2) is 12.0. The van der Waals surface area contributed by atoms with Gasteiger partial charge >= 0.3 is 6.16 Å².